The van der Waals surface area contributed by atoms with Gasteiger partial charge in [-0.3, -0.25) is 0 Å². The topological polar surface area (TPSA) is 41.6 Å². The molecule has 0 spiro atoms. The number of hydrogen-bond acceptors (Lipinski definition) is 2. The van der Waals surface area contributed by atoms with Crippen molar-refractivity contribution in [1.82, 2.24) is 9.78 Å². The van der Waals surface area contributed by atoms with Crippen LogP contribution in [0.4, 0.5) is 0 Å². The molecule has 1 aromatic heterocycles. The molecule has 3 rings (SSSR count). The van der Waals surface area contributed by atoms with Crippen LogP contribution in [-0.4, -0.2) is 9.78 Å². The van der Waals surface area contributed by atoms with Crippen molar-refractivity contribution in [3.05, 3.63) is 72.6 Å². The highest BCUT2D eigenvalue weighted by molar-refractivity contribution is 5.73. The van der Waals surface area contributed by atoms with Gasteiger partial charge in [-0.05, 0) is 29.8 Å². The molecule has 1 heterocycles. The SMILES string of the molecule is N#Cc1ccc(-c2ccccc2-n2cccn2)cc1. The van der Waals surface area contributed by atoms with Crippen molar-refractivity contribution in [3.63, 3.8) is 0 Å². The predicted molar refractivity (Wildman–Crippen MR) is 73.7 cm³/mol. The van der Waals surface area contributed by atoms with Crippen LogP contribution in [0.2, 0.25) is 0 Å². The second kappa shape index (κ2) is 4.79. The first-order valence-electron chi connectivity index (χ1n) is 5.98. The van der Waals surface area contributed by atoms with Crippen LogP contribution in [0, 0.1) is 11.3 Å². The number of rotatable bonds is 2. The second-order valence-corrected chi connectivity index (χ2v) is 4.16. The van der Waals surface area contributed by atoms with Gasteiger partial charge in [0.1, 0.15) is 0 Å². The van der Waals surface area contributed by atoms with E-state index in [9.17, 15) is 0 Å². The summed E-state index contributed by atoms with van der Waals surface area (Å²) in [6, 6.07) is 19.7. The lowest BCUT2D eigenvalue weighted by molar-refractivity contribution is 0.882. The molecule has 2 aromatic carbocycles. The third-order valence-electron chi connectivity index (χ3n) is 2.98. The van der Waals surface area contributed by atoms with Crippen molar-refractivity contribution in [1.29, 1.82) is 5.26 Å². The van der Waals surface area contributed by atoms with Gasteiger partial charge >= 0.3 is 0 Å². The molecule has 0 fully saturated rings. The number of para-hydroxylation sites is 1. The van der Waals surface area contributed by atoms with Crippen molar-refractivity contribution in [2.24, 2.45) is 0 Å². The first kappa shape index (κ1) is 11.2. The predicted octanol–water partition coefficient (Wildman–Crippen LogP) is 3.41. The second-order valence-electron chi connectivity index (χ2n) is 4.16. The van der Waals surface area contributed by atoms with Gasteiger partial charge in [0.15, 0.2) is 0 Å². The lowest BCUT2D eigenvalue weighted by Gasteiger charge is -2.09. The lowest BCUT2D eigenvalue weighted by Crippen LogP contribution is -1.96. The van der Waals surface area contributed by atoms with Crippen LogP contribution in [0.1, 0.15) is 5.56 Å². The fraction of sp³-hybridized carbons (Fsp3) is 0. The van der Waals surface area contributed by atoms with Gasteiger partial charge in [-0.25, -0.2) is 4.68 Å². The van der Waals surface area contributed by atoms with E-state index in [1.807, 2.05) is 59.4 Å². The molecule has 0 aliphatic carbocycles. The Morgan fingerprint density at radius 1 is 0.947 bits per heavy atom. The molecule has 0 aliphatic rings. The molecule has 19 heavy (non-hydrogen) atoms. The maximum atomic E-state index is 8.84. The number of nitrogens with zero attached hydrogens (tertiary/aromatic N) is 3. The van der Waals surface area contributed by atoms with Crippen molar-refractivity contribution >= 4 is 0 Å². The van der Waals surface area contributed by atoms with Gasteiger partial charge in [0, 0.05) is 18.0 Å². The molecule has 0 saturated heterocycles. The lowest BCUT2D eigenvalue weighted by atomic mass is 10.0. The molecular weight excluding hydrogens is 234 g/mol. The molecule has 0 saturated carbocycles. The minimum absolute atomic E-state index is 0.667. The number of aromatic nitrogens is 2. The highest BCUT2D eigenvalue weighted by Gasteiger charge is 2.06. The molecule has 3 nitrogen and oxygen atoms in total. The van der Waals surface area contributed by atoms with E-state index in [2.05, 4.69) is 17.2 Å². The van der Waals surface area contributed by atoms with Gasteiger partial charge in [-0.2, -0.15) is 10.4 Å². The Bertz CT molecular complexity index is 719. The maximum Gasteiger partial charge on any atom is 0.0991 e. The monoisotopic (exact) mass is 245 g/mol. The van der Waals surface area contributed by atoms with Gasteiger partial charge < -0.3 is 0 Å². The number of benzene rings is 2. The Hall–Kier alpha value is -2.86. The van der Waals surface area contributed by atoms with Gasteiger partial charge in [0.2, 0.25) is 0 Å². The first-order chi connectivity index (χ1) is 9.38. The molecule has 0 amide bonds. The minimum Gasteiger partial charge on any atom is -0.240 e. The fourth-order valence-corrected chi connectivity index (χ4v) is 2.05. The quantitative estimate of drug-likeness (QED) is 0.694. The van der Waals surface area contributed by atoms with E-state index in [1.54, 1.807) is 6.20 Å². The molecule has 0 atom stereocenters. The maximum absolute atomic E-state index is 8.84. The molecule has 0 radical (unpaired) electrons. The fourth-order valence-electron chi connectivity index (χ4n) is 2.05. The van der Waals surface area contributed by atoms with Crippen LogP contribution in [-0.2, 0) is 0 Å². The van der Waals surface area contributed by atoms with Crippen LogP contribution in [0.3, 0.4) is 0 Å². The Morgan fingerprint density at radius 3 is 2.42 bits per heavy atom. The zero-order valence-corrected chi connectivity index (χ0v) is 10.2. The third kappa shape index (κ3) is 2.12. The zero-order chi connectivity index (χ0) is 13.1. The van der Waals surface area contributed by atoms with E-state index >= 15 is 0 Å². The van der Waals surface area contributed by atoms with Gasteiger partial charge in [0.05, 0.1) is 17.3 Å². The van der Waals surface area contributed by atoms with Gasteiger partial charge in [-0.1, -0.05) is 30.3 Å². The molecule has 90 valence electrons. The van der Waals surface area contributed by atoms with Crippen molar-refractivity contribution in [3.8, 4) is 22.9 Å². The van der Waals surface area contributed by atoms with Crippen LogP contribution in [0.15, 0.2) is 67.0 Å². The molecular formula is C16H11N3. The summed E-state index contributed by atoms with van der Waals surface area (Å²) in [4.78, 5) is 0. The largest absolute Gasteiger partial charge is 0.240 e. The molecule has 3 aromatic rings. The molecule has 0 unspecified atom stereocenters. The standard InChI is InChI=1S/C16H11N3/c17-12-13-6-8-14(9-7-13)15-4-1-2-5-16(15)19-11-3-10-18-19/h1-11H. The van der Waals surface area contributed by atoms with Gasteiger partial charge in [-0.15, -0.1) is 0 Å². The Balaban J connectivity index is 2.12. The Labute approximate surface area is 111 Å². The van der Waals surface area contributed by atoms with E-state index in [0.717, 1.165) is 16.8 Å². The summed E-state index contributed by atoms with van der Waals surface area (Å²) in [5.41, 5.74) is 3.86. The Kier molecular flexibility index (Phi) is 2.83. The summed E-state index contributed by atoms with van der Waals surface area (Å²) in [6.45, 7) is 0. The summed E-state index contributed by atoms with van der Waals surface area (Å²) in [7, 11) is 0. The number of nitriles is 1. The smallest absolute Gasteiger partial charge is 0.0991 e. The van der Waals surface area contributed by atoms with E-state index < -0.39 is 0 Å². The average Bonchev–Trinajstić information content (AvgIpc) is 3.01. The van der Waals surface area contributed by atoms with E-state index in [-0.39, 0.29) is 0 Å². The highest BCUT2D eigenvalue weighted by atomic mass is 15.3. The van der Waals surface area contributed by atoms with Crippen LogP contribution in [0.25, 0.3) is 16.8 Å². The average molecular weight is 245 g/mol. The molecule has 3 heteroatoms. The molecule has 0 N–H and O–H groups in total. The van der Waals surface area contributed by atoms with Crippen LogP contribution >= 0.6 is 0 Å². The summed E-state index contributed by atoms with van der Waals surface area (Å²) >= 11 is 0. The zero-order valence-electron chi connectivity index (χ0n) is 10.2. The molecule has 0 bridgehead atoms. The summed E-state index contributed by atoms with van der Waals surface area (Å²) in [5, 5.41) is 13.1. The molecule has 0 aliphatic heterocycles. The first-order valence-corrected chi connectivity index (χ1v) is 5.98. The third-order valence-corrected chi connectivity index (χ3v) is 2.98. The van der Waals surface area contributed by atoms with Crippen molar-refractivity contribution < 1.29 is 0 Å². The Morgan fingerprint density at radius 2 is 1.74 bits per heavy atom. The van der Waals surface area contributed by atoms with E-state index in [1.165, 1.54) is 0 Å². The van der Waals surface area contributed by atoms with Crippen molar-refractivity contribution in [2.45, 2.75) is 0 Å². The summed E-state index contributed by atoms with van der Waals surface area (Å²) in [6.07, 6.45) is 3.68. The van der Waals surface area contributed by atoms with Crippen LogP contribution in [0.5, 0.6) is 0 Å². The number of hydrogen-bond donors (Lipinski definition) is 0. The summed E-state index contributed by atoms with van der Waals surface area (Å²) < 4.78 is 1.84. The van der Waals surface area contributed by atoms with Crippen LogP contribution < -0.4 is 0 Å². The van der Waals surface area contributed by atoms with Crippen molar-refractivity contribution in [2.75, 3.05) is 0 Å². The van der Waals surface area contributed by atoms with E-state index in [4.69, 9.17) is 5.26 Å². The normalized spacial score (nSPS) is 10.1. The van der Waals surface area contributed by atoms with Gasteiger partial charge in [0.25, 0.3) is 0 Å². The minimum atomic E-state index is 0.667. The summed E-state index contributed by atoms with van der Waals surface area (Å²) in [5.74, 6) is 0. The highest BCUT2D eigenvalue weighted by Crippen LogP contribution is 2.26. The van der Waals surface area contributed by atoms with E-state index in [0.29, 0.717) is 5.56 Å².